The van der Waals surface area contributed by atoms with Crippen molar-refractivity contribution in [2.24, 2.45) is 0 Å². The molecule has 0 spiro atoms. The van der Waals surface area contributed by atoms with Gasteiger partial charge in [0.05, 0.1) is 18.6 Å². The molecular weight excluding hydrogens is 322 g/mol. The molecule has 0 aromatic heterocycles. The predicted molar refractivity (Wildman–Crippen MR) is 85.1 cm³/mol. The lowest BCUT2D eigenvalue weighted by Gasteiger charge is -2.07. The van der Waals surface area contributed by atoms with Gasteiger partial charge in [-0.25, -0.2) is 4.79 Å². The summed E-state index contributed by atoms with van der Waals surface area (Å²) in [5.41, 5.74) is 0.472. The molecule has 0 aliphatic rings. The topological polar surface area (TPSA) is 78.7 Å². The van der Waals surface area contributed by atoms with Gasteiger partial charge in [0.15, 0.2) is 0 Å². The summed E-state index contributed by atoms with van der Waals surface area (Å²) in [6.07, 6.45) is 0.490. The Kier molecular flexibility index (Phi) is 5.54. The molecule has 0 bridgehead atoms. The van der Waals surface area contributed by atoms with Crippen LogP contribution in [0.4, 0.5) is 5.69 Å². The van der Waals surface area contributed by atoms with E-state index >= 15 is 0 Å². The van der Waals surface area contributed by atoms with Gasteiger partial charge < -0.3 is 9.47 Å². The third kappa shape index (κ3) is 4.43. The summed E-state index contributed by atoms with van der Waals surface area (Å²) in [4.78, 5) is 22.3. The van der Waals surface area contributed by atoms with Crippen molar-refractivity contribution < 1.29 is 19.2 Å². The highest BCUT2D eigenvalue weighted by Crippen LogP contribution is 2.23. The van der Waals surface area contributed by atoms with E-state index in [1.54, 1.807) is 19.2 Å². The number of rotatable bonds is 6. The first-order chi connectivity index (χ1) is 11.0. The second-order valence-electron chi connectivity index (χ2n) is 4.65. The number of esters is 1. The Morgan fingerprint density at radius 1 is 1.22 bits per heavy atom. The molecule has 0 atom stereocenters. The maximum Gasteiger partial charge on any atom is 0.345 e. The minimum absolute atomic E-state index is 0.106. The van der Waals surface area contributed by atoms with Gasteiger partial charge in [-0.2, -0.15) is 0 Å². The van der Waals surface area contributed by atoms with Crippen molar-refractivity contribution in [1.82, 2.24) is 0 Å². The lowest BCUT2D eigenvalue weighted by Crippen LogP contribution is -2.10. The summed E-state index contributed by atoms with van der Waals surface area (Å²) in [7, 11) is 1.58. The molecule has 2 aromatic rings. The number of carbonyl (C=O) groups excluding carboxylic acids is 1. The van der Waals surface area contributed by atoms with E-state index in [1.165, 1.54) is 18.2 Å². The molecule has 0 N–H and O–H groups in total. The largest absolute Gasteiger partial charge is 0.497 e. The molecule has 120 valence electrons. The maximum absolute atomic E-state index is 12.0. The number of benzene rings is 2. The molecule has 0 aliphatic heterocycles. The van der Waals surface area contributed by atoms with Crippen LogP contribution < -0.4 is 4.74 Å². The Morgan fingerprint density at radius 3 is 2.52 bits per heavy atom. The van der Waals surface area contributed by atoms with Crippen LogP contribution in [0, 0.1) is 10.1 Å². The Morgan fingerprint density at radius 2 is 1.91 bits per heavy atom. The van der Waals surface area contributed by atoms with Crippen molar-refractivity contribution in [3.8, 4) is 5.75 Å². The molecule has 0 saturated heterocycles. The molecular formula is C16H14ClNO5. The molecule has 0 amide bonds. The van der Waals surface area contributed by atoms with Crippen LogP contribution in [0.5, 0.6) is 5.75 Å². The van der Waals surface area contributed by atoms with Crippen LogP contribution in [0.1, 0.15) is 15.9 Å². The van der Waals surface area contributed by atoms with Crippen molar-refractivity contribution in [3.63, 3.8) is 0 Å². The van der Waals surface area contributed by atoms with Crippen LogP contribution in [0.2, 0.25) is 5.02 Å². The maximum atomic E-state index is 12.0. The lowest BCUT2D eigenvalue weighted by molar-refractivity contribution is -0.385. The van der Waals surface area contributed by atoms with Gasteiger partial charge in [0.25, 0.3) is 5.69 Å². The summed E-state index contributed by atoms with van der Waals surface area (Å²) in [6, 6.07) is 11.1. The average Bonchev–Trinajstić information content (AvgIpc) is 2.55. The molecule has 7 heteroatoms. The second-order valence-corrected chi connectivity index (χ2v) is 5.09. The van der Waals surface area contributed by atoms with E-state index in [2.05, 4.69) is 0 Å². The summed E-state index contributed by atoms with van der Waals surface area (Å²) in [5.74, 6) is -0.0343. The number of nitro benzene ring substituents is 1. The van der Waals surface area contributed by atoms with Crippen molar-refractivity contribution in [2.75, 3.05) is 13.7 Å². The third-order valence-electron chi connectivity index (χ3n) is 3.16. The first kappa shape index (κ1) is 16.8. The normalized spacial score (nSPS) is 10.2. The minimum atomic E-state index is -0.771. The highest BCUT2D eigenvalue weighted by atomic mass is 35.5. The van der Waals surface area contributed by atoms with E-state index in [-0.39, 0.29) is 22.9 Å². The van der Waals surface area contributed by atoms with Gasteiger partial charge >= 0.3 is 5.97 Å². The Bertz CT molecular complexity index is 715. The minimum Gasteiger partial charge on any atom is -0.497 e. The molecule has 0 unspecified atom stereocenters. The second kappa shape index (κ2) is 7.60. The van der Waals surface area contributed by atoms with Gasteiger partial charge in [0, 0.05) is 17.5 Å². The summed E-state index contributed by atoms with van der Waals surface area (Å²) >= 11 is 5.78. The molecule has 23 heavy (non-hydrogen) atoms. The Balaban J connectivity index is 1.99. The van der Waals surface area contributed by atoms with Crippen LogP contribution in [-0.4, -0.2) is 24.6 Å². The highest BCUT2D eigenvalue weighted by molar-refractivity contribution is 6.31. The van der Waals surface area contributed by atoms with Crippen molar-refractivity contribution in [3.05, 3.63) is 68.7 Å². The number of ether oxygens (including phenoxy) is 2. The zero-order valence-corrected chi connectivity index (χ0v) is 13.1. The molecule has 0 aliphatic carbocycles. The monoisotopic (exact) mass is 335 g/mol. The summed E-state index contributed by atoms with van der Waals surface area (Å²) in [6.45, 7) is 0.106. The quantitative estimate of drug-likeness (QED) is 0.457. The number of carbonyl (C=O) groups is 1. The van der Waals surface area contributed by atoms with Gasteiger partial charge in [-0.15, -0.1) is 0 Å². The van der Waals surface area contributed by atoms with Crippen LogP contribution in [0.25, 0.3) is 0 Å². The highest BCUT2D eigenvalue weighted by Gasteiger charge is 2.21. The van der Waals surface area contributed by atoms with Gasteiger partial charge in [0.1, 0.15) is 11.3 Å². The number of hydrogen-bond donors (Lipinski definition) is 0. The van der Waals surface area contributed by atoms with Crippen LogP contribution in [0.15, 0.2) is 42.5 Å². The molecule has 0 radical (unpaired) electrons. The first-order valence-corrected chi connectivity index (χ1v) is 7.13. The van der Waals surface area contributed by atoms with Crippen molar-refractivity contribution >= 4 is 23.3 Å². The zero-order chi connectivity index (χ0) is 16.8. The van der Waals surface area contributed by atoms with E-state index in [4.69, 9.17) is 21.1 Å². The Labute approximate surface area is 137 Å². The number of nitro groups is 1. The number of nitrogens with zero attached hydrogens (tertiary/aromatic N) is 1. The Hall–Kier alpha value is -2.60. The SMILES string of the molecule is COc1ccc(CCOC(=O)c2cc(Cl)ccc2[N+](=O)[O-])cc1. The number of hydrogen-bond acceptors (Lipinski definition) is 5. The molecule has 6 nitrogen and oxygen atoms in total. The van der Waals surface area contributed by atoms with E-state index in [9.17, 15) is 14.9 Å². The fourth-order valence-corrected chi connectivity index (χ4v) is 2.13. The average molecular weight is 336 g/mol. The predicted octanol–water partition coefficient (Wildman–Crippen LogP) is 3.66. The standard InChI is InChI=1S/C16H14ClNO5/c1-22-13-5-2-11(3-6-13)8-9-23-16(19)14-10-12(17)4-7-15(14)18(20)21/h2-7,10H,8-9H2,1H3. The molecule has 0 heterocycles. The van der Waals surface area contributed by atoms with Crippen molar-refractivity contribution in [1.29, 1.82) is 0 Å². The van der Waals surface area contributed by atoms with E-state index in [0.717, 1.165) is 11.3 Å². The summed E-state index contributed by atoms with van der Waals surface area (Å²) < 4.78 is 10.2. The first-order valence-electron chi connectivity index (χ1n) is 6.75. The van der Waals surface area contributed by atoms with Crippen LogP contribution >= 0.6 is 11.6 Å². The molecule has 0 saturated carbocycles. The zero-order valence-electron chi connectivity index (χ0n) is 12.3. The van der Waals surface area contributed by atoms with Crippen molar-refractivity contribution in [2.45, 2.75) is 6.42 Å². The van der Waals surface area contributed by atoms with Crippen LogP contribution in [0.3, 0.4) is 0 Å². The fraction of sp³-hybridized carbons (Fsp3) is 0.188. The number of methoxy groups -OCH3 is 1. The lowest BCUT2D eigenvalue weighted by atomic mass is 10.1. The number of halogens is 1. The fourth-order valence-electron chi connectivity index (χ4n) is 1.96. The van der Waals surface area contributed by atoms with Crippen LogP contribution in [-0.2, 0) is 11.2 Å². The van der Waals surface area contributed by atoms with E-state index < -0.39 is 10.9 Å². The van der Waals surface area contributed by atoms with E-state index in [0.29, 0.717) is 6.42 Å². The summed E-state index contributed by atoms with van der Waals surface area (Å²) in [5, 5.41) is 11.2. The van der Waals surface area contributed by atoms with Gasteiger partial charge in [-0.1, -0.05) is 23.7 Å². The smallest absolute Gasteiger partial charge is 0.345 e. The van der Waals surface area contributed by atoms with Gasteiger partial charge in [-0.05, 0) is 29.8 Å². The van der Waals surface area contributed by atoms with Gasteiger partial charge in [-0.3, -0.25) is 10.1 Å². The molecule has 2 rings (SSSR count). The molecule has 2 aromatic carbocycles. The van der Waals surface area contributed by atoms with Gasteiger partial charge in [0.2, 0.25) is 0 Å². The molecule has 0 fully saturated rings. The third-order valence-corrected chi connectivity index (χ3v) is 3.39. The van der Waals surface area contributed by atoms with E-state index in [1.807, 2.05) is 12.1 Å².